The van der Waals surface area contributed by atoms with E-state index in [4.69, 9.17) is 10.7 Å². The Labute approximate surface area is 123 Å². The molecule has 4 nitrogen and oxygen atoms in total. The Morgan fingerprint density at radius 1 is 1.19 bits per heavy atom. The van der Waals surface area contributed by atoms with Crippen LogP contribution in [0.1, 0.15) is 30.1 Å². The van der Waals surface area contributed by atoms with Crippen molar-refractivity contribution in [2.45, 2.75) is 32.4 Å². The Morgan fingerprint density at radius 3 is 2.76 bits per heavy atom. The van der Waals surface area contributed by atoms with E-state index in [1.165, 1.54) is 18.4 Å². The van der Waals surface area contributed by atoms with Crippen molar-refractivity contribution in [1.29, 1.82) is 0 Å². The van der Waals surface area contributed by atoms with E-state index in [0.717, 1.165) is 28.3 Å². The van der Waals surface area contributed by atoms with Crippen molar-refractivity contribution < 1.29 is 0 Å². The van der Waals surface area contributed by atoms with E-state index in [1.54, 1.807) is 0 Å². The van der Waals surface area contributed by atoms with Crippen LogP contribution in [-0.4, -0.2) is 14.5 Å². The van der Waals surface area contributed by atoms with Gasteiger partial charge in [0.2, 0.25) is 0 Å². The fraction of sp³-hybridized carbons (Fsp3) is 0.294. The van der Waals surface area contributed by atoms with Crippen molar-refractivity contribution in [3.05, 3.63) is 47.7 Å². The molecule has 0 amide bonds. The zero-order valence-electron chi connectivity index (χ0n) is 12.1. The summed E-state index contributed by atoms with van der Waals surface area (Å²) in [5.41, 5.74) is 11.0. The summed E-state index contributed by atoms with van der Waals surface area (Å²) in [6.07, 6.45) is 2.45. The quantitative estimate of drug-likeness (QED) is 0.800. The minimum Gasteiger partial charge on any atom is -0.326 e. The van der Waals surface area contributed by atoms with Crippen LogP contribution in [0.2, 0.25) is 0 Å². The number of imidazole rings is 1. The van der Waals surface area contributed by atoms with Crippen molar-refractivity contribution in [3.63, 3.8) is 0 Å². The van der Waals surface area contributed by atoms with Crippen molar-refractivity contribution in [2.75, 3.05) is 0 Å². The van der Waals surface area contributed by atoms with Gasteiger partial charge in [0.1, 0.15) is 5.69 Å². The predicted octanol–water partition coefficient (Wildman–Crippen LogP) is 3.20. The number of nitrogens with two attached hydrogens (primary N) is 1. The summed E-state index contributed by atoms with van der Waals surface area (Å²) in [5, 5.41) is 0. The molecule has 0 saturated heterocycles. The van der Waals surface area contributed by atoms with Crippen LogP contribution < -0.4 is 5.73 Å². The molecule has 2 heterocycles. The highest BCUT2D eigenvalue weighted by Crippen LogP contribution is 2.41. The molecule has 4 rings (SSSR count). The van der Waals surface area contributed by atoms with E-state index in [0.29, 0.717) is 12.6 Å². The van der Waals surface area contributed by atoms with E-state index < -0.39 is 0 Å². The van der Waals surface area contributed by atoms with Gasteiger partial charge in [-0.05, 0) is 49.6 Å². The first-order valence-corrected chi connectivity index (χ1v) is 7.41. The number of hydrogen-bond acceptors (Lipinski definition) is 3. The summed E-state index contributed by atoms with van der Waals surface area (Å²) in [4.78, 5) is 9.48. The summed E-state index contributed by atoms with van der Waals surface area (Å²) in [6, 6.07) is 13.0. The third-order valence-corrected chi connectivity index (χ3v) is 4.02. The molecule has 21 heavy (non-hydrogen) atoms. The molecule has 4 heteroatoms. The molecule has 2 N–H and O–H groups in total. The minimum atomic E-state index is 0.546. The van der Waals surface area contributed by atoms with Crippen LogP contribution in [-0.2, 0) is 6.54 Å². The summed E-state index contributed by atoms with van der Waals surface area (Å²) >= 11 is 0. The number of aromatic nitrogens is 3. The van der Waals surface area contributed by atoms with Gasteiger partial charge in [-0.25, -0.2) is 9.97 Å². The van der Waals surface area contributed by atoms with Gasteiger partial charge in [0, 0.05) is 18.3 Å². The summed E-state index contributed by atoms with van der Waals surface area (Å²) < 4.78 is 2.34. The first kappa shape index (κ1) is 12.5. The minimum absolute atomic E-state index is 0.546. The third-order valence-electron chi connectivity index (χ3n) is 4.02. The molecule has 0 aliphatic heterocycles. The smallest absolute Gasteiger partial charge is 0.160 e. The Morgan fingerprint density at radius 2 is 2.05 bits per heavy atom. The highest BCUT2D eigenvalue weighted by atomic mass is 15.1. The molecule has 3 aromatic rings. The lowest BCUT2D eigenvalue weighted by molar-refractivity contribution is 0.772. The van der Waals surface area contributed by atoms with Crippen LogP contribution in [0.5, 0.6) is 0 Å². The second-order valence-corrected chi connectivity index (χ2v) is 5.73. The fourth-order valence-corrected chi connectivity index (χ4v) is 2.82. The van der Waals surface area contributed by atoms with Crippen LogP contribution in [0.3, 0.4) is 0 Å². The fourth-order valence-electron chi connectivity index (χ4n) is 2.82. The lowest BCUT2D eigenvalue weighted by atomic mass is 10.2. The monoisotopic (exact) mass is 278 g/mol. The summed E-state index contributed by atoms with van der Waals surface area (Å²) in [7, 11) is 0. The van der Waals surface area contributed by atoms with Gasteiger partial charge in [0.15, 0.2) is 5.82 Å². The van der Waals surface area contributed by atoms with Crippen molar-refractivity contribution >= 4 is 11.0 Å². The largest absolute Gasteiger partial charge is 0.326 e. The van der Waals surface area contributed by atoms with Gasteiger partial charge in [0.25, 0.3) is 0 Å². The standard InChI is InChI=1S/C17H18N4/c1-11-3-2-4-14(19-11)17-20-15-9-12(10-18)5-8-16(15)21(17)13-6-7-13/h2-5,8-9,13H,6-7,10,18H2,1H3. The van der Waals surface area contributed by atoms with Crippen LogP contribution in [0.4, 0.5) is 0 Å². The van der Waals surface area contributed by atoms with Crippen LogP contribution in [0, 0.1) is 6.92 Å². The number of fused-ring (bicyclic) bond motifs is 1. The molecule has 0 radical (unpaired) electrons. The molecule has 1 aromatic carbocycles. The predicted molar refractivity (Wildman–Crippen MR) is 83.9 cm³/mol. The number of hydrogen-bond donors (Lipinski definition) is 1. The number of benzene rings is 1. The molecular formula is C17H18N4. The van der Waals surface area contributed by atoms with Gasteiger partial charge < -0.3 is 10.3 Å². The Bertz CT molecular complexity index is 815. The summed E-state index contributed by atoms with van der Waals surface area (Å²) in [6.45, 7) is 2.56. The normalized spacial score (nSPS) is 14.8. The first-order chi connectivity index (χ1) is 10.3. The van der Waals surface area contributed by atoms with E-state index in [9.17, 15) is 0 Å². The van der Waals surface area contributed by atoms with Gasteiger partial charge >= 0.3 is 0 Å². The average molecular weight is 278 g/mol. The molecule has 106 valence electrons. The van der Waals surface area contributed by atoms with Gasteiger partial charge in [-0.2, -0.15) is 0 Å². The number of rotatable bonds is 3. The second-order valence-electron chi connectivity index (χ2n) is 5.73. The average Bonchev–Trinajstić information content (AvgIpc) is 3.26. The molecule has 1 aliphatic rings. The number of nitrogens with zero attached hydrogens (tertiary/aromatic N) is 3. The van der Waals surface area contributed by atoms with Crippen molar-refractivity contribution in [2.24, 2.45) is 5.73 Å². The van der Waals surface area contributed by atoms with Crippen LogP contribution >= 0.6 is 0 Å². The topological polar surface area (TPSA) is 56.7 Å². The molecule has 0 atom stereocenters. The maximum absolute atomic E-state index is 5.74. The summed E-state index contributed by atoms with van der Waals surface area (Å²) in [5.74, 6) is 0.977. The zero-order valence-corrected chi connectivity index (χ0v) is 12.1. The van der Waals surface area contributed by atoms with Crippen LogP contribution in [0.25, 0.3) is 22.6 Å². The molecule has 0 bridgehead atoms. The second kappa shape index (κ2) is 4.67. The number of aryl methyl sites for hydroxylation is 1. The third kappa shape index (κ3) is 2.12. The van der Waals surface area contributed by atoms with E-state index in [-0.39, 0.29) is 0 Å². The van der Waals surface area contributed by atoms with Gasteiger partial charge in [0.05, 0.1) is 11.0 Å². The molecule has 1 saturated carbocycles. The Balaban J connectivity index is 1.97. The Kier molecular flexibility index (Phi) is 2.79. The molecule has 1 fully saturated rings. The van der Waals surface area contributed by atoms with Gasteiger partial charge in [-0.1, -0.05) is 12.1 Å². The number of pyridine rings is 1. The van der Waals surface area contributed by atoms with Gasteiger partial charge in [-0.15, -0.1) is 0 Å². The highest BCUT2D eigenvalue weighted by molar-refractivity contribution is 5.81. The molecule has 0 spiro atoms. The van der Waals surface area contributed by atoms with Crippen molar-refractivity contribution in [1.82, 2.24) is 14.5 Å². The lowest BCUT2D eigenvalue weighted by Crippen LogP contribution is -1.99. The van der Waals surface area contributed by atoms with E-state index >= 15 is 0 Å². The maximum atomic E-state index is 5.74. The first-order valence-electron chi connectivity index (χ1n) is 7.41. The van der Waals surface area contributed by atoms with Gasteiger partial charge in [-0.3, -0.25) is 0 Å². The SMILES string of the molecule is Cc1cccc(-c2nc3cc(CN)ccc3n2C2CC2)n1. The molecule has 1 aliphatic carbocycles. The highest BCUT2D eigenvalue weighted by Gasteiger charge is 2.29. The zero-order chi connectivity index (χ0) is 14.4. The molecule has 0 unspecified atom stereocenters. The molecular weight excluding hydrogens is 260 g/mol. The molecule has 2 aromatic heterocycles. The van der Waals surface area contributed by atoms with E-state index in [2.05, 4.69) is 27.8 Å². The maximum Gasteiger partial charge on any atom is 0.160 e. The Hall–Kier alpha value is -2.20. The lowest BCUT2D eigenvalue weighted by Gasteiger charge is -2.07. The van der Waals surface area contributed by atoms with E-state index in [1.807, 2.05) is 25.1 Å². The van der Waals surface area contributed by atoms with Crippen LogP contribution in [0.15, 0.2) is 36.4 Å². The van der Waals surface area contributed by atoms with Crippen molar-refractivity contribution in [3.8, 4) is 11.5 Å².